The number of benzene rings is 5. The Balaban J connectivity index is 0.000000196. The first-order valence-corrected chi connectivity index (χ1v) is 24.8. The SMILES string of the molecule is CC(C)c1cc(-c2[c-]ccc(-c3ccccc3)c2)ncc1[Si](C)(C)C.Cc1cc(C)c(-c2ccnc(-c3[c-]ccc4c3oc3ccc(C(C)c5ccccc5)nc34)c2)c(C)c1.[Ir]. The van der Waals surface area contributed by atoms with Crippen LogP contribution in [-0.2, 0) is 20.1 Å². The van der Waals surface area contributed by atoms with Crippen molar-refractivity contribution >= 4 is 35.3 Å². The molecule has 1 radical (unpaired) electrons. The van der Waals surface area contributed by atoms with Gasteiger partial charge in [-0.15, -0.1) is 53.6 Å². The van der Waals surface area contributed by atoms with Gasteiger partial charge in [-0.05, 0) is 100 Å². The molecule has 4 aromatic heterocycles. The first kappa shape index (κ1) is 44.3. The Bertz CT molecular complexity index is 2960. The van der Waals surface area contributed by atoms with Crippen molar-refractivity contribution in [2.24, 2.45) is 0 Å². The van der Waals surface area contributed by atoms with Crippen LogP contribution in [0.25, 0.3) is 66.8 Å². The largest absolute Gasteiger partial charge is 0.499 e. The second kappa shape index (κ2) is 18.7. The average Bonchev–Trinajstić information content (AvgIpc) is 3.64. The normalized spacial score (nSPS) is 11.9. The minimum Gasteiger partial charge on any atom is -0.499 e. The molecular formula is C56H53IrN3OSi-2. The summed E-state index contributed by atoms with van der Waals surface area (Å²) in [6.07, 6.45) is 3.98. The maximum atomic E-state index is 6.35. The molecule has 0 bridgehead atoms. The Kier molecular flexibility index (Phi) is 13.3. The number of nitrogens with zero attached hydrogens (tertiary/aromatic N) is 3. The smallest absolute Gasteiger partial charge is 0.139 e. The van der Waals surface area contributed by atoms with Crippen LogP contribution in [0.15, 0.2) is 150 Å². The zero-order valence-electron chi connectivity index (χ0n) is 37.1. The third-order valence-electron chi connectivity index (χ3n) is 11.6. The van der Waals surface area contributed by atoms with Crippen LogP contribution in [0.2, 0.25) is 19.6 Å². The van der Waals surface area contributed by atoms with E-state index in [2.05, 4.69) is 177 Å². The minimum absolute atomic E-state index is 0. The maximum absolute atomic E-state index is 6.35. The summed E-state index contributed by atoms with van der Waals surface area (Å²) in [5.41, 5.74) is 18.5. The van der Waals surface area contributed by atoms with E-state index >= 15 is 0 Å². The van der Waals surface area contributed by atoms with Crippen LogP contribution in [0.1, 0.15) is 66.1 Å². The summed E-state index contributed by atoms with van der Waals surface area (Å²) in [5.74, 6) is 0.690. The van der Waals surface area contributed by atoms with Crippen molar-refractivity contribution in [3.05, 3.63) is 191 Å². The van der Waals surface area contributed by atoms with Crippen molar-refractivity contribution < 1.29 is 24.5 Å². The van der Waals surface area contributed by atoms with E-state index < -0.39 is 8.07 Å². The van der Waals surface area contributed by atoms with Gasteiger partial charge < -0.3 is 14.4 Å². The molecule has 4 nitrogen and oxygen atoms in total. The summed E-state index contributed by atoms with van der Waals surface area (Å²) in [5, 5.41) is 2.45. The fourth-order valence-corrected chi connectivity index (χ4v) is 10.2. The Morgan fingerprint density at radius 2 is 1.34 bits per heavy atom. The average molecular weight is 1000 g/mol. The van der Waals surface area contributed by atoms with Crippen LogP contribution in [-0.4, -0.2) is 23.0 Å². The maximum Gasteiger partial charge on any atom is 0.139 e. The van der Waals surface area contributed by atoms with E-state index in [1.54, 1.807) is 0 Å². The number of pyridine rings is 3. The van der Waals surface area contributed by atoms with Gasteiger partial charge >= 0.3 is 0 Å². The number of furan rings is 1. The molecule has 0 N–H and O–H groups in total. The standard InChI is InChI=1S/C33H27N2O.C23H26NSi.Ir/c1-20-17-21(2)31(22(3)18-20)25-15-16-34-29(19-25)26-11-8-12-27-32-30(36-33(26)27)14-13-28(35-32)23(4)24-9-6-5-7-10-24;1-17(2)21-15-22(24-16-23(21)25(3,4)5)20-13-9-12-19(14-20)18-10-7-6-8-11-18;/h5-10,12-19,23H,1-4H3;6-12,14-17H,1-5H3;/q2*-1;. The van der Waals surface area contributed by atoms with Crippen molar-refractivity contribution in [2.45, 2.75) is 73.0 Å². The molecule has 1 atom stereocenters. The second-order valence-electron chi connectivity index (χ2n) is 17.5. The Morgan fingerprint density at radius 3 is 2.03 bits per heavy atom. The summed E-state index contributed by atoms with van der Waals surface area (Å²) in [4.78, 5) is 14.5. The van der Waals surface area contributed by atoms with Crippen molar-refractivity contribution in [1.82, 2.24) is 15.0 Å². The molecule has 0 aliphatic carbocycles. The molecule has 9 rings (SSSR count). The molecule has 0 fully saturated rings. The third-order valence-corrected chi connectivity index (χ3v) is 13.6. The van der Waals surface area contributed by atoms with Gasteiger partial charge in [0.15, 0.2) is 0 Å². The number of rotatable bonds is 8. The van der Waals surface area contributed by atoms with E-state index in [0.717, 1.165) is 55.8 Å². The molecule has 0 saturated carbocycles. The van der Waals surface area contributed by atoms with Gasteiger partial charge in [0.25, 0.3) is 0 Å². The van der Waals surface area contributed by atoms with Crippen molar-refractivity contribution in [3.8, 4) is 44.8 Å². The molecule has 4 heterocycles. The van der Waals surface area contributed by atoms with Gasteiger partial charge in [-0.3, -0.25) is 0 Å². The number of aromatic nitrogens is 3. The van der Waals surface area contributed by atoms with Crippen LogP contribution in [0.5, 0.6) is 0 Å². The predicted octanol–water partition coefficient (Wildman–Crippen LogP) is 14.5. The van der Waals surface area contributed by atoms with Crippen LogP contribution < -0.4 is 5.19 Å². The molecule has 313 valence electrons. The molecule has 6 heteroatoms. The molecule has 1 unspecified atom stereocenters. The Labute approximate surface area is 381 Å². The van der Waals surface area contributed by atoms with Crippen molar-refractivity contribution in [2.75, 3.05) is 0 Å². The molecule has 0 aliphatic heterocycles. The molecule has 5 aromatic carbocycles. The molecule has 0 spiro atoms. The van der Waals surface area contributed by atoms with Gasteiger partial charge in [-0.2, -0.15) is 0 Å². The molecule has 0 saturated heterocycles. The molecule has 0 amide bonds. The molecule has 0 aliphatic rings. The van der Waals surface area contributed by atoms with E-state index in [-0.39, 0.29) is 26.0 Å². The third kappa shape index (κ3) is 9.34. The van der Waals surface area contributed by atoms with Gasteiger partial charge in [-0.25, -0.2) is 4.98 Å². The van der Waals surface area contributed by atoms with Crippen molar-refractivity contribution in [3.63, 3.8) is 0 Å². The van der Waals surface area contributed by atoms with E-state index in [1.165, 1.54) is 49.7 Å². The summed E-state index contributed by atoms with van der Waals surface area (Å²) >= 11 is 0. The number of hydrogen-bond donors (Lipinski definition) is 0. The first-order valence-electron chi connectivity index (χ1n) is 21.3. The summed E-state index contributed by atoms with van der Waals surface area (Å²) < 4.78 is 6.35. The number of hydrogen-bond acceptors (Lipinski definition) is 4. The van der Waals surface area contributed by atoms with Gasteiger partial charge in [0.05, 0.1) is 19.2 Å². The van der Waals surface area contributed by atoms with E-state index in [9.17, 15) is 0 Å². The fourth-order valence-electron chi connectivity index (χ4n) is 8.47. The molecule has 62 heavy (non-hydrogen) atoms. The van der Waals surface area contributed by atoms with Crippen LogP contribution >= 0.6 is 0 Å². The second-order valence-corrected chi connectivity index (χ2v) is 22.6. The predicted molar refractivity (Wildman–Crippen MR) is 258 cm³/mol. The van der Waals surface area contributed by atoms with Crippen LogP contribution in [0.4, 0.5) is 0 Å². The fraction of sp³-hybridized carbons (Fsp3) is 0.196. The zero-order valence-corrected chi connectivity index (χ0v) is 40.5. The topological polar surface area (TPSA) is 51.8 Å². The molecular weight excluding hydrogens is 951 g/mol. The van der Waals surface area contributed by atoms with Gasteiger partial charge in [0.1, 0.15) is 5.58 Å². The van der Waals surface area contributed by atoms with E-state index in [0.29, 0.717) is 5.92 Å². The minimum atomic E-state index is -1.40. The number of fused-ring (bicyclic) bond motifs is 3. The van der Waals surface area contributed by atoms with E-state index in [4.69, 9.17) is 19.4 Å². The zero-order chi connectivity index (χ0) is 42.8. The van der Waals surface area contributed by atoms with Gasteiger partial charge in [0.2, 0.25) is 0 Å². The van der Waals surface area contributed by atoms with Crippen molar-refractivity contribution in [1.29, 1.82) is 0 Å². The van der Waals surface area contributed by atoms with Crippen LogP contribution in [0, 0.1) is 32.9 Å². The summed E-state index contributed by atoms with van der Waals surface area (Å²) in [6.45, 7) is 20.4. The molecule has 9 aromatic rings. The number of aryl methyl sites for hydroxylation is 3. The quantitative estimate of drug-likeness (QED) is 0.112. The monoisotopic (exact) mass is 1000 g/mol. The summed E-state index contributed by atoms with van der Waals surface area (Å²) in [6, 6.07) is 53.0. The summed E-state index contributed by atoms with van der Waals surface area (Å²) in [7, 11) is -1.40. The van der Waals surface area contributed by atoms with Crippen LogP contribution in [0.3, 0.4) is 0 Å². The van der Waals surface area contributed by atoms with E-state index in [1.807, 2.05) is 42.6 Å². The first-order chi connectivity index (χ1) is 29.4. The Hall–Kier alpha value is -5.78. The Morgan fingerprint density at radius 1 is 0.645 bits per heavy atom. The van der Waals surface area contributed by atoms with Gasteiger partial charge in [-0.1, -0.05) is 142 Å². The van der Waals surface area contributed by atoms with Gasteiger partial charge in [0, 0.05) is 44.1 Å².